The molecule has 1 amide bonds. The Hall–Kier alpha value is -2.70. The number of hydrogen-bond acceptors (Lipinski definition) is 3. The number of nitrogens with zero attached hydrogens (tertiary/aromatic N) is 4. The van der Waals surface area contributed by atoms with Crippen molar-refractivity contribution in [3.8, 4) is 0 Å². The predicted octanol–water partition coefficient (Wildman–Crippen LogP) is 3.21. The van der Waals surface area contributed by atoms with Gasteiger partial charge < -0.3 is 9.88 Å². The Morgan fingerprint density at radius 3 is 3.08 bits per heavy atom. The highest BCUT2D eigenvalue weighted by Gasteiger charge is 2.34. The van der Waals surface area contributed by atoms with Gasteiger partial charge in [0.1, 0.15) is 11.6 Å². The number of likely N-dealkylation sites (tertiary alicyclic amines) is 1. The van der Waals surface area contributed by atoms with Crippen LogP contribution in [0.25, 0.3) is 11.0 Å². The van der Waals surface area contributed by atoms with Crippen molar-refractivity contribution >= 4 is 16.9 Å². The molecule has 3 aromatic rings. The van der Waals surface area contributed by atoms with Crippen LogP contribution in [0.2, 0.25) is 0 Å². The van der Waals surface area contributed by atoms with Crippen LogP contribution in [0, 0.1) is 5.82 Å². The van der Waals surface area contributed by atoms with Crippen molar-refractivity contribution in [1.82, 2.24) is 24.6 Å². The fourth-order valence-electron chi connectivity index (χ4n) is 4.21. The van der Waals surface area contributed by atoms with Gasteiger partial charge in [-0.2, -0.15) is 5.10 Å². The van der Waals surface area contributed by atoms with E-state index in [4.69, 9.17) is 0 Å². The van der Waals surface area contributed by atoms with Crippen LogP contribution in [0.4, 0.5) is 4.39 Å². The molecule has 1 aromatic carbocycles. The number of aryl methyl sites for hydroxylation is 1. The monoisotopic (exact) mass is 353 g/mol. The SMILES string of the molecule is O=C(c1cnn2c1CCCC2)N1CCC[C@H]1c1nc2ccc(F)cc2[nH]1. The Kier molecular flexibility index (Phi) is 3.55. The lowest BCUT2D eigenvalue weighted by Crippen LogP contribution is -2.32. The zero-order valence-corrected chi connectivity index (χ0v) is 14.4. The van der Waals surface area contributed by atoms with Crippen LogP contribution in [0.3, 0.4) is 0 Å². The van der Waals surface area contributed by atoms with E-state index in [0.717, 1.165) is 61.2 Å². The number of hydrogen-bond donors (Lipinski definition) is 1. The Balaban J connectivity index is 1.48. The van der Waals surface area contributed by atoms with Crippen molar-refractivity contribution in [1.29, 1.82) is 0 Å². The van der Waals surface area contributed by atoms with E-state index in [0.29, 0.717) is 12.1 Å². The molecule has 1 fully saturated rings. The summed E-state index contributed by atoms with van der Waals surface area (Å²) in [5, 5.41) is 4.40. The summed E-state index contributed by atoms with van der Waals surface area (Å²) in [5.41, 5.74) is 3.17. The molecule has 1 atom stereocenters. The Morgan fingerprint density at radius 1 is 1.23 bits per heavy atom. The van der Waals surface area contributed by atoms with E-state index in [-0.39, 0.29) is 17.8 Å². The molecule has 0 saturated carbocycles. The van der Waals surface area contributed by atoms with Crippen molar-refractivity contribution in [2.24, 2.45) is 0 Å². The number of fused-ring (bicyclic) bond motifs is 2. The van der Waals surface area contributed by atoms with Crippen LogP contribution >= 0.6 is 0 Å². The quantitative estimate of drug-likeness (QED) is 0.769. The Labute approximate surface area is 150 Å². The third-order valence-electron chi connectivity index (χ3n) is 5.50. The first-order valence-electron chi connectivity index (χ1n) is 9.21. The van der Waals surface area contributed by atoms with Gasteiger partial charge >= 0.3 is 0 Å². The van der Waals surface area contributed by atoms with Crippen LogP contribution in [-0.2, 0) is 13.0 Å². The van der Waals surface area contributed by atoms with Gasteiger partial charge in [0.15, 0.2) is 0 Å². The van der Waals surface area contributed by atoms with Gasteiger partial charge in [-0.05, 0) is 50.3 Å². The molecule has 5 rings (SSSR count). The maximum atomic E-state index is 13.5. The van der Waals surface area contributed by atoms with Crippen molar-refractivity contribution in [3.63, 3.8) is 0 Å². The van der Waals surface area contributed by atoms with Crippen LogP contribution < -0.4 is 0 Å². The molecule has 26 heavy (non-hydrogen) atoms. The number of halogens is 1. The summed E-state index contributed by atoms with van der Waals surface area (Å²) in [6.45, 7) is 1.60. The number of nitrogens with one attached hydrogen (secondary N) is 1. The van der Waals surface area contributed by atoms with Gasteiger partial charge in [-0.1, -0.05) is 0 Å². The lowest BCUT2D eigenvalue weighted by atomic mass is 10.1. The van der Waals surface area contributed by atoms with Crippen LogP contribution in [0.15, 0.2) is 24.4 Å². The number of benzene rings is 1. The first-order valence-corrected chi connectivity index (χ1v) is 9.21. The van der Waals surface area contributed by atoms with Crippen molar-refractivity contribution in [2.75, 3.05) is 6.54 Å². The Bertz CT molecular complexity index is 991. The standard InChI is InChI=1S/C19H20FN5O/c20-12-6-7-14-15(10-12)23-18(22-14)17-5-3-8-24(17)19(26)13-11-21-25-9-2-1-4-16(13)25/h6-7,10-11,17H,1-5,8-9H2,(H,22,23)/t17-/m0/s1. The van der Waals surface area contributed by atoms with Gasteiger partial charge in [-0.15, -0.1) is 0 Å². The molecule has 0 bridgehead atoms. The van der Waals surface area contributed by atoms with Gasteiger partial charge in [0.2, 0.25) is 0 Å². The molecular formula is C19H20FN5O. The predicted molar refractivity (Wildman–Crippen MR) is 94.2 cm³/mol. The number of aromatic amines is 1. The molecule has 0 spiro atoms. The minimum atomic E-state index is -0.293. The zero-order chi connectivity index (χ0) is 17.7. The number of imidazole rings is 1. The number of H-pyrrole nitrogens is 1. The van der Waals surface area contributed by atoms with Crippen LogP contribution in [0.5, 0.6) is 0 Å². The molecule has 2 aliphatic heterocycles. The van der Waals surface area contributed by atoms with Crippen molar-refractivity contribution in [2.45, 2.75) is 44.7 Å². The average Bonchev–Trinajstić information content (AvgIpc) is 3.37. The molecule has 4 heterocycles. The normalized spacial score (nSPS) is 19.9. The molecule has 2 aliphatic rings. The fraction of sp³-hybridized carbons (Fsp3) is 0.421. The number of aromatic nitrogens is 4. The van der Waals surface area contributed by atoms with Crippen molar-refractivity contribution < 1.29 is 9.18 Å². The minimum Gasteiger partial charge on any atom is -0.340 e. The lowest BCUT2D eigenvalue weighted by molar-refractivity contribution is 0.0729. The molecular weight excluding hydrogens is 333 g/mol. The molecule has 0 radical (unpaired) electrons. The third kappa shape index (κ3) is 2.41. The molecule has 1 N–H and O–H groups in total. The lowest BCUT2D eigenvalue weighted by Gasteiger charge is -2.24. The van der Waals surface area contributed by atoms with Gasteiger partial charge in [0.05, 0.1) is 34.5 Å². The van der Waals surface area contributed by atoms with E-state index in [1.165, 1.54) is 12.1 Å². The fourth-order valence-corrected chi connectivity index (χ4v) is 4.21. The number of carbonyl (C=O) groups is 1. The number of rotatable bonds is 2. The summed E-state index contributed by atoms with van der Waals surface area (Å²) >= 11 is 0. The minimum absolute atomic E-state index is 0.0299. The summed E-state index contributed by atoms with van der Waals surface area (Å²) in [6, 6.07) is 4.42. The molecule has 7 heteroatoms. The van der Waals surface area contributed by atoms with E-state index in [1.54, 1.807) is 12.3 Å². The highest BCUT2D eigenvalue weighted by atomic mass is 19.1. The highest BCUT2D eigenvalue weighted by molar-refractivity contribution is 5.95. The average molecular weight is 353 g/mol. The van der Waals surface area contributed by atoms with Gasteiger partial charge in [0.25, 0.3) is 5.91 Å². The molecule has 134 valence electrons. The molecule has 1 saturated heterocycles. The summed E-state index contributed by atoms with van der Waals surface area (Å²) in [5.74, 6) is 0.471. The van der Waals surface area contributed by atoms with Gasteiger partial charge in [-0.3, -0.25) is 9.48 Å². The smallest absolute Gasteiger partial charge is 0.257 e. The summed E-state index contributed by atoms with van der Waals surface area (Å²) in [4.78, 5) is 22.9. The van der Waals surface area contributed by atoms with E-state index < -0.39 is 0 Å². The largest absolute Gasteiger partial charge is 0.340 e. The topological polar surface area (TPSA) is 66.8 Å². The summed E-state index contributed by atoms with van der Waals surface area (Å²) in [7, 11) is 0. The zero-order valence-electron chi connectivity index (χ0n) is 14.4. The first kappa shape index (κ1) is 15.5. The van der Waals surface area contributed by atoms with Crippen molar-refractivity contribution in [3.05, 3.63) is 47.3 Å². The Morgan fingerprint density at radius 2 is 2.15 bits per heavy atom. The van der Waals surface area contributed by atoms with E-state index in [9.17, 15) is 9.18 Å². The molecule has 0 unspecified atom stereocenters. The second kappa shape index (κ2) is 5.93. The number of carbonyl (C=O) groups excluding carboxylic acids is 1. The summed E-state index contributed by atoms with van der Waals surface area (Å²) in [6.07, 6.45) is 6.63. The highest BCUT2D eigenvalue weighted by Crippen LogP contribution is 2.33. The molecule has 0 aliphatic carbocycles. The second-order valence-corrected chi connectivity index (χ2v) is 7.13. The first-order chi connectivity index (χ1) is 12.7. The van der Waals surface area contributed by atoms with E-state index >= 15 is 0 Å². The second-order valence-electron chi connectivity index (χ2n) is 7.13. The summed E-state index contributed by atoms with van der Waals surface area (Å²) < 4.78 is 15.4. The molecule has 2 aromatic heterocycles. The van der Waals surface area contributed by atoms with Gasteiger partial charge in [0, 0.05) is 13.1 Å². The van der Waals surface area contributed by atoms with E-state index in [1.807, 2.05) is 9.58 Å². The third-order valence-corrected chi connectivity index (χ3v) is 5.50. The maximum absolute atomic E-state index is 13.5. The van der Waals surface area contributed by atoms with Crippen LogP contribution in [0.1, 0.15) is 53.6 Å². The number of amides is 1. The van der Waals surface area contributed by atoms with E-state index in [2.05, 4.69) is 15.1 Å². The van der Waals surface area contributed by atoms with Crippen LogP contribution in [-0.4, -0.2) is 37.1 Å². The maximum Gasteiger partial charge on any atom is 0.257 e. The molecule has 6 nitrogen and oxygen atoms in total. The van der Waals surface area contributed by atoms with Gasteiger partial charge in [-0.25, -0.2) is 9.37 Å².